The first-order valence-corrected chi connectivity index (χ1v) is 8.04. The molecule has 0 unspecified atom stereocenters. The number of rotatable bonds is 7. The molecule has 0 saturated carbocycles. The highest BCUT2D eigenvalue weighted by Crippen LogP contribution is 2.21. The summed E-state index contributed by atoms with van der Waals surface area (Å²) >= 11 is 3.15. The molecule has 6 nitrogen and oxygen atoms in total. The maximum absolute atomic E-state index is 11.4. The smallest absolute Gasteiger partial charge is 0.336 e. The van der Waals surface area contributed by atoms with Gasteiger partial charge < -0.3 is 10.4 Å². The average molecular weight is 351 g/mol. The molecule has 8 heteroatoms. The van der Waals surface area contributed by atoms with Crippen LogP contribution in [0.1, 0.15) is 17.3 Å². The van der Waals surface area contributed by atoms with Crippen molar-refractivity contribution in [3.63, 3.8) is 0 Å². The van der Waals surface area contributed by atoms with Crippen molar-refractivity contribution in [2.75, 3.05) is 24.2 Å². The van der Waals surface area contributed by atoms with Crippen LogP contribution in [0.2, 0.25) is 0 Å². The van der Waals surface area contributed by atoms with Crippen molar-refractivity contribution in [1.82, 2.24) is 4.72 Å². The van der Waals surface area contributed by atoms with Crippen LogP contribution < -0.4 is 10.0 Å². The highest BCUT2D eigenvalue weighted by Gasteiger charge is 2.10. The van der Waals surface area contributed by atoms with Crippen LogP contribution >= 0.6 is 15.9 Å². The van der Waals surface area contributed by atoms with Crippen LogP contribution in [0.25, 0.3) is 0 Å². The number of sulfonamides is 1. The Morgan fingerprint density at radius 2 is 2.11 bits per heavy atom. The molecular weight excluding hydrogens is 336 g/mol. The molecule has 0 aliphatic carbocycles. The maximum atomic E-state index is 11.4. The summed E-state index contributed by atoms with van der Waals surface area (Å²) in [6.45, 7) is 2.32. The third-order valence-corrected chi connectivity index (χ3v) is 4.39. The monoisotopic (exact) mass is 350 g/mol. The Hall–Kier alpha value is -1.12. The molecule has 0 radical (unpaired) electrons. The second-order valence-corrected chi connectivity index (χ2v) is 6.52. The Morgan fingerprint density at radius 1 is 1.42 bits per heavy atom. The van der Waals surface area contributed by atoms with E-state index in [4.69, 9.17) is 5.11 Å². The van der Waals surface area contributed by atoms with E-state index in [9.17, 15) is 13.2 Å². The van der Waals surface area contributed by atoms with E-state index >= 15 is 0 Å². The minimum Gasteiger partial charge on any atom is -0.478 e. The van der Waals surface area contributed by atoms with Gasteiger partial charge in [-0.15, -0.1) is 0 Å². The molecule has 1 rings (SSSR count). The fourth-order valence-electron chi connectivity index (χ4n) is 1.42. The van der Waals surface area contributed by atoms with Gasteiger partial charge >= 0.3 is 5.97 Å². The summed E-state index contributed by atoms with van der Waals surface area (Å²) < 4.78 is 25.6. The number of carboxylic acid groups (broad SMARTS) is 1. The quantitative estimate of drug-likeness (QED) is 0.692. The molecule has 106 valence electrons. The first-order valence-electron chi connectivity index (χ1n) is 5.60. The summed E-state index contributed by atoms with van der Waals surface area (Å²) in [5.41, 5.74) is 0.814. The van der Waals surface area contributed by atoms with Crippen LogP contribution in [0, 0.1) is 0 Å². The third kappa shape index (κ3) is 5.17. The van der Waals surface area contributed by atoms with E-state index in [1.165, 1.54) is 6.07 Å². The average Bonchev–Trinajstić information content (AvgIpc) is 2.28. The molecule has 19 heavy (non-hydrogen) atoms. The SMILES string of the molecule is CCNS(=O)(=O)CCNc1ccc(C(=O)O)c(Br)c1. The molecule has 0 aromatic heterocycles. The van der Waals surface area contributed by atoms with Gasteiger partial charge in [0.05, 0.1) is 11.3 Å². The summed E-state index contributed by atoms with van der Waals surface area (Å²) in [4.78, 5) is 10.8. The lowest BCUT2D eigenvalue weighted by atomic mass is 10.2. The van der Waals surface area contributed by atoms with E-state index in [1.54, 1.807) is 19.1 Å². The molecule has 1 aromatic carbocycles. The number of nitrogens with one attached hydrogen (secondary N) is 2. The maximum Gasteiger partial charge on any atom is 0.336 e. The van der Waals surface area contributed by atoms with E-state index in [-0.39, 0.29) is 17.9 Å². The van der Waals surface area contributed by atoms with Gasteiger partial charge in [0, 0.05) is 23.2 Å². The van der Waals surface area contributed by atoms with Gasteiger partial charge in [0.1, 0.15) is 0 Å². The second kappa shape index (κ2) is 6.88. The Balaban J connectivity index is 2.60. The molecular formula is C11H15BrN2O4S. The number of hydrogen-bond donors (Lipinski definition) is 3. The fourth-order valence-corrected chi connectivity index (χ4v) is 2.92. The molecule has 0 saturated heterocycles. The second-order valence-electron chi connectivity index (χ2n) is 3.74. The van der Waals surface area contributed by atoms with Crippen molar-refractivity contribution in [3.05, 3.63) is 28.2 Å². The predicted molar refractivity (Wildman–Crippen MR) is 77.1 cm³/mol. The van der Waals surface area contributed by atoms with Gasteiger partial charge in [-0.05, 0) is 34.1 Å². The Morgan fingerprint density at radius 3 is 2.63 bits per heavy atom. The molecule has 0 bridgehead atoms. The van der Waals surface area contributed by atoms with E-state index in [0.29, 0.717) is 16.7 Å². The molecule has 0 heterocycles. The number of anilines is 1. The van der Waals surface area contributed by atoms with E-state index < -0.39 is 16.0 Å². The van der Waals surface area contributed by atoms with E-state index in [1.807, 2.05) is 0 Å². The fraction of sp³-hybridized carbons (Fsp3) is 0.364. The lowest BCUT2D eigenvalue weighted by Gasteiger charge is -2.09. The van der Waals surface area contributed by atoms with Crippen molar-refractivity contribution < 1.29 is 18.3 Å². The van der Waals surface area contributed by atoms with Gasteiger partial charge in [0.15, 0.2) is 0 Å². The highest BCUT2D eigenvalue weighted by molar-refractivity contribution is 9.10. The number of carbonyl (C=O) groups is 1. The zero-order valence-corrected chi connectivity index (χ0v) is 12.7. The van der Waals surface area contributed by atoms with Crippen LogP contribution in [0.4, 0.5) is 5.69 Å². The predicted octanol–water partition coefficient (Wildman–Crippen LogP) is 1.50. The van der Waals surface area contributed by atoms with Crippen LogP contribution in [-0.2, 0) is 10.0 Å². The lowest BCUT2D eigenvalue weighted by Crippen LogP contribution is -2.29. The minimum absolute atomic E-state index is 0.0425. The molecule has 0 fully saturated rings. The van der Waals surface area contributed by atoms with E-state index in [0.717, 1.165) is 0 Å². The molecule has 0 amide bonds. The molecule has 1 aromatic rings. The van der Waals surface area contributed by atoms with E-state index in [2.05, 4.69) is 26.0 Å². The summed E-state index contributed by atoms with van der Waals surface area (Å²) in [7, 11) is -3.25. The molecule has 0 aliphatic rings. The van der Waals surface area contributed by atoms with Crippen molar-refractivity contribution in [2.45, 2.75) is 6.92 Å². The van der Waals surface area contributed by atoms with Gasteiger partial charge in [-0.1, -0.05) is 6.92 Å². The zero-order chi connectivity index (χ0) is 14.5. The van der Waals surface area contributed by atoms with Crippen molar-refractivity contribution >= 4 is 37.6 Å². The minimum atomic E-state index is -3.25. The molecule has 3 N–H and O–H groups in total. The summed E-state index contributed by atoms with van der Waals surface area (Å²) in [5.74, 6) is -1.06. The van der Waals surface area contributed by atoms with Crippen molar-refractivity contribution in [1.29, 1.82) is 0 Å². The van der Waals surface area contributed by atoms with Gasteiger partial charge in [-0.3, -0.25) is 0 Å². The Kier molecular flexibility index (Phi) is 5.77. The normalized spacial score (nSPS) is 11.3. The van der Waals surface area contributed by atoms with Gasteiger partial charge in [0.25, 0.3) is 0 Å². The largest absolute Gasteiger partial charge is 0.478 e. The third-order valence-electron chi connectivity index (χ3n) is 2.26. The summed E-state index contributed by atoms with van der Waals surface area (Å²) in [5, 5.41) is 11.8. The van der Waals surface area contributed by atoms with Gasteiger partial charge in [-0.2, -0.15) is 0 Å². The van der Waals surface area contributed by atoms with Crippen LogP contribution in [0.3, 0.4) is 0 Å². The van der Waals surface area contributed by atoms with Crippen LogP contribution in [0.5, 0.6) is 0 Å². The Bertz CT molecular complexity index is 560. The topological polar surface area (TPSA) is 95.5 Å². The molecule has 0 atom stereocenters. The van der Waals surface area contributed by atoms with Gasteiger partial charge in [-0.25, -0.2) is 17.9 Å². The molecule has 0 spiro atoms. The van der Waals surface area contributed by atoms with Crippen molar-refractivity contribution in [3.8, 4) is 0 Å². The number of carboxylic acids is 1. The summed E-state index contributed by atoms with van der Waals surface area (Å²) in [6.07, 6.45) is 0. The standard InChI is InChI=1S/C11H15BrN2O4S/c1-2-14-19(17,18)6-5-13-8-3-4-9(11(15)16)10(12)7-8/h3-4,7,13-14H,2,5-6H2,1H3,(H,15,16). The number of halogens is 1. The number of aromatic carboxylic acids is 1. The lowest BCUT2D eigenvalue weighted by molar-refractivity contribution is 0.0696. The van der Waals surface area contributed by atoms with Crippen LogP contribution in [0.15, 0.2) is 22.7 Å². The van der Waals surface area contributed by atoms with Crippen LogP contribution in [-0.4, -0.2) is 38.3 Å². The first-order chi connectivity index (χ1) is 8.85. The number of benzene rings is 1. The van der Waals surface area contributed by atoms with Crippen molar-refractivity contribution in [2.24, 2.45) is 0 Å². The zero-order valence-electron chi connectivity index (χ0n) is 10.3. The summed E-state index contributed by atoms with van der Waals surface area (Å²) in [6, 6.07) is 4.64. The first kappa shape index (κ1) is 15.9. The van der Waals surface area contributed by atoms with Gasteiger partial charge in [0.2, 0.25) is 10.0 Å². The number of hydrogen-bond acceptors (Lipinski definition) is 4. The highest BCUT2D eigenvalue weighted by atomic mass is 79.9. The Labute approximate surface area is 120 Å². The molecule has 0 aliphatic heterocycles.